The molecule has 3 aromatic rings. The van der Waals surface area contributed by atoms with Crippen molar-refractivity contribution in [1.82, 2.24) is 4.98 Å². The first kappa shape index (κ1) is 15.2. The van der Waals surface area contributed by atoms with Gasteiger partial charge in [-0.15, -0.1) is 0 Å². The normalized spacial score (nSPS) is 10.3. The highest BCUT2D eigenvalue weighted by Gasteiger charge is 2.17. The number of nitriles is 1. The summed E-state index contributed by atoms with van der Waals surface area (Å²) in [7, 11) is 0. The molecule has 2 N–H and O–H groups in total. The molecular weight excluding hydrogens is 308 g/mol. The van der Waals surface area contributed by atoms with E-state index >= 15 is 0 Å². The summed E-state index contributed by atoms with van der Waals surface area (Å²) in [6.07, 6.45) is 0. The highest BCUT2D eigenvalue weighted by molar-refractivity contribution is 5.78. The summed E-state index contributed by atoms with van der Waals surface area (Å²) in [6.45, 7) is 1.79. The number of aromatic nitrogens is 1. The minimum Gasteiger partial charge on any atom is -0.461 e. The van der Waals surface area contributed by atoms with Crippen LogP contribution < -0.4 is 5.73 Å². The standard InChI is InChI=1S/C17H12N4O3/c1-10-5-6-16(24-10)13-8-15(20-17(19)14(13)9-18)11-3-2-4-12(7-11)21(22)23/h2-8H,1H3,(H2,19,20). The van der Waals surface area contributed by atoms with Crippen molar-refractivity contribution in [2.75, 3.05) is 5.73 Å². The Labute approximate surface area is 137 Å². The van der Waals surface area contributed by atoms with Gasteiger partial charge in [-0.2, -0.15) is 5.26 Å². The summed E-state index contributed by atoms with van der Waals surface area (Å²) in [6, 6.07) is 13.3. The first-order valence-electron chi connectivity index (χ1n) is 7.02. The van der Waals surface area contributed by atoms with Gasteiger partial charge >= 0.3 is 0 Å². The van der Waals surface area contributed by atoms with Gasteiger partial charge in [0.2, 0.25) is 0 Å². The fourth-order valence-corrected chi connectivity index (χ4v) is 2.38. The molecule has 3 rings (SSSR count). The van der Waals surface area contributed by atoms with Gasteiger partial charge in [0.25, 0.3) is 5.69 Å². The molecule has 0 radical (unpaired) electrons. The van der Waals surface area contributed by atoms with Crippen molar-refractivity contribution >= 4 is 11.5 Å². The Morgan fingerprint density at radius 2 is 2.08 bits per heavy atom. The molecule has 0 amide bonds. The number of nitro benzene ring substituents is 1. The number of non-ortho nitro benzene ring substituents is 1. The van der Waals surface area contributed by atoms with Crippen LogP contribution in [-0.2, 0) is 0 Å². The largest absolute Gasteiger partial charge is 0.461 e. The Hall–Kier alpha value is -3.66. The van der Waals surface area contributed by atoms with Crippen LogP contribution in [-0.4, -0.2) is 9.91 Å². The van der Waals surface area contributed by atoms with E-state index in [4.69, 9.17) is 10.2 Å². The first-order chi connectivity index (χ1) is 11.5. The van der Waals surface area contributed by atoms with E-state index in [0.717, 1.165) is 0 Å². The molecule has 118 valence electrons. The maximum Gasteiger partial charge on any atom is 0.270 e. The van der Waals surface area contributed by atoms with Gasteiger partial charge in [0.05, 0.1) is 10.6 Å². The van der Waals surface area contributed by atoms with Crippen molar-refractivity contribution in [3.63, 3.8) is 0 Å². The van der Waals surface area contributed by atoms with Crippen LogP contribution in [0.25, 0.3) is 22.6 Å². The van der Waals surface area contributed by atoms with Crippen LogP contribution in [0.4, 0.5) is 11.5 Å². The van der Waals surface area contributed by atoms with Gasteiger partial charge in [0.15, 0.2) is 0 Å². The molecule has 0 saturated heterocycles. The number of rotatable bonds is 3. The number of nitrogens with two attached hydrogens (primary N) is 1. The molecule has 2 heterocycles. The number of benzene rings is 1. The number of nitrogen functional groups attached to an aromatic ring is 1. The molecule has 0 bridgehead atoms. The van der Waals surface area contributed by atoms with E-state index in [0.29, 0.717) is 28.3 Å². The Morgan fingerprint density at radius 3 is 2.71 bits per heavy atom. The third kappa shape index (κ3) is 2.68. The van der Waals surface area contributed by atoms with Crippen LogP contribution in [0.15, 0.2) is 46.9 Å². The van der Waals surface area contributed by atoms with Gasteiger partial charge < -0.3 is 10.2 Å². The molecule has 0 aliphatic heterocycles. The zero-order chi connectivity index (χ0) is 17.3. The van der Waals surface area contributed by atoms with E-state index < -0.39 is 4.92 Å². The summed E-state index contributed by atoms with van der Waals surface area (Å²) < 4.78 is 5.58. The summed E-state index contributed by atoms with van der Waals surface area (Å²) in [5, 5.41) is 20.3. The number of nitrogens with zero attached hydrogens (tertiary/aromatic N) is 3. The number of hydrogen-bond acceptors (Lipinski definition) is 6. The van der Waals surface area contributed by atoms with Crippen LogP contribution in [0.5, 0.6) is 0 Å². The summed E-state index contributed by atoms with van der Waals surface area (Å²) in [5.41, 5.74) is 7.52. The highest BCUT2D eigenvalue weighted by atomic mass is 16.6. The number of pyridine rings is 1. The lowest BCUT2D eigenvalue weighted by Gasteiger charge is -2.08. The molecule has 0 aliphatic carbocycles. The maximum absolute atomic E-state index is 10.9. The minimum atomic E-state index is -0.479. The molecule has 7 heteroatoms. The average molecular weight is 320 g/mol. The van der Waals surface area contributed by atoms with Crippen LogP contribution in [0, 0.1) is 28.4 Å². The second-order valence-corrected chi connectivity index (χ2v) is 5.14. The van der Waals surface area contributed by atoms with Crippen molar-refractivity contribution in [2.45, 2.75) is 6.92 Å². The molecule has 24 heavy (non-hydrogen) atoms. The summed E-state index contributed by atoms with van der Waals surface area (Å²) in [4.78, 5) is 14.7. The van der Waals surface area contributed by atoms with Gasteiger partial charge in [0, 0.05) is 23.3 Å². The van der Waals surface area contributed by atoms with Gasteiger partial charge in [-0.05, 0) is 25.1 Å². The fourth-order valence-electron chi connectivity index (χ4n) is 2.38. The second-order valence-electron chi connectivity index (χ2n) is 5.14. The van der Waals surface area contributed by atoms with Crippen molar-refractivity contribution < 1.29 is 9.34 Å². The summed E-state index contributed by atoms with van der Waals surface area (Å²) >= 11 is 0. The first-order valence-corrected chi connectivity index (χ1v) is 7.02. The van der Waals surface area contributed by atoms with E-state index in [1.807, 2.05) is 6.07 Å². The lowest BCUT2D eigenvalue weighted by Crippen LogP contribution is -1.99. The zero-order valence-corrected chi connectivity index (χ0v) is 12.7. The Balaban J connectivity index is 2.21. The van der Waals surface area contributed by atoms with E-state index in [2.05, 4.69) is 4.98 Å². The number of nitro groups is 1. The number of anilines is 1. The summed E-state index contributed by atoms with van der Waals surface area (Å²) in [5.74, 6) is 1.23. The van der Waals surface area contributed by atoms with Gasteiger partial charge in [0.1, 0.15) is 29.0 Å². The van der Waals surface area contributed by atoms with Crippen molar-refractivity contribution in [3.8, 4) is 28.7 Å². The van der Waals surface area contributed by atoms with Crippen LogP contribution in [0.2, 0.25) is 0 Å². The third-order valence-electron chi connectivity index (χ3n) is 3.52. The van der Waals surface area contributed by atoms with E-state index in [9.17, 15) is 15.4 Å². The van der Waals surface area contributed by atoms with Crippen LogP contribution >= 0.6 is 0 Å². The third-order valence-corrected chi connectivity index (χ3v) is 3.52. The van der Waals surface area contributed by atoms with Gasteiger partial charge in [-0.1, -0.05) is 12.1 Å². The number of aryl methyl sites for hydroxylation is 1. The zero-order valence-electron chi connectivity index (χ0n) is 12.7. The van der Waals surface area contributed by atoms with Crippen LogP contribution in [0.1, 0.15) is 11.3 Å². The molecular formula is C17H12N4O3. The molecule has 0 saturated carbocycles. The van der Waals surface area contributed by atoms with Gasteiger partial charge in [-0.3, -0.25) is 10.1 Å². The van der Waals surface area contributed by atoms with Crippen molar-refractivity contribution in [2.24, 2.45) is 0 Å². The lowest BCUT2D eigenvalue weighted by molar-refractivity contribution is -0.384. The average Bonchev–Trinajstić information content (AvgIpc) is 3.00. The van der Waals surface area contributed by atoms with Crippen LogP contribution in [0.3, 0.4) is 0 Å². The Bertz CT molecular complexity index is 986. The second kappa shape index (κ2) is 5.85. The highest BCUT2D eigenvalue weighted by Crippen LogP contribution is 2.33. The topological polar surface area (TPSA) is 119 Å². The van der Waals surface area contributed by atoms with E-state index in [1.165, 1.54) is 12.1 Å². The van der Waals surface area contributed by atoms with Crippen molar-refractivity contribution in [1.29, 1.82) is 5.26 Å². The van der Waals surface area contributed by atoms with E-state index in [-0.39, 0.29) is 17.1 Å². The predicted octanol–water partition coefficient (Wildman–Crippen LogP) is 3.68. The lowest BCUT2D eigenvalue weighted by atomic mass is 10.0. The smallest absolute Gasteiger partial charge is 0.270 e. The SMILES string of the molecule is Cc1ccc(-c2cc(-c3cccc([N+](=O)[O-])c3)nc(N)c2C#N)o1. The monoisotopic (exact) mass is 320 g/mol. The molecule has 2 aromatic heterocycles. The molecule has 0 fully saturated rings. The fraction of sp³-hybridized carbons (Fsp3) is 0.0588. The molecule has 7 nitrogen and oxygen atoms in total. The molecule has 0 aliphatic rings. The molecule has 0 unspecified atom stereocenters. The Morgan fingerprint density at radius 1 is 1.29 bits per heavy atom. The molecule has 0 spiro atoms. The Kier molecular flexibility index (Phi) is 3.72. The number of furan rings is 1. The quantitative estimate of drug-likeness (QED) is 0.580. The molecule has 0 atom stereocenters. The molecule has 1 aromatic carbocycles. The van der Waals surface area contributed by atoms with Gasteiger partial charge in [-0.25, -0.2) is 4.98 Å². The predicted molar refractivity (Wildman–Crippen MR) is 87.9 cm³/mol. The van der Waals surface area contributed by atoms with Crippen molar-refractivity contribution in [3.05, 3.63) is 63.9 Å². The number of hydrogen-bond donors (Lipinski definition) is 1. The maximum atomic E-state index is 10.9. The minimum absolute atomic E-state index is 0.0468. The van der Waals surface area contributed by atoms with E-state index in [1.54, 1.807) is 37.3 Å².